The van der Waals surface area contributed by atoms with Gasteiger partial charge in [0, 0.05) is 191 Å². The van der Waals surface area contributed by atoms with E-state index in [0.29, 0.717) is 145 Å². The van der Waals surface area contributed by atoms with E-state index in [2.05, 4.69) is 119 Å². The molecule has 22 rings (SSSR count). The number of nitrogens with one attached hydrogen (secondary N) is 3. The average Bonchev–Trinajstić information content (AvgIpc) is 1.08. The van der Waals surface area contributed by atoms with Gasteiger partial charge in [-0.3, -0.25) is 47.0 Å². The van der Waals surface area contributed by atoms with E-state index in [4.69, 9.17) is 58.6 Å². The molecule has 4 atom stereocenters. The largest absolute Gasteiger partial charge is 0.496 e. The number of H-pyrrole nitrogens is 2. The van der Waals surface area contributed by atoms with Crippen molar-refractivity contribution in [2.75, 3.05) is 19.5 Å². The van der Waals surface area contributed by atoms with Gasteiger partial charge in [-0.05, 0) is 234 Å². The smallest absolute Gasteiger partial charge is 0.318 e. The van der Waals surface area contributed by atoms with Crippen molar-refractivity contribution in [2.24, 2.45) is 29.4 Å². The number of aromatic nitrogens is 24. The van der Waals surface area contributed by atoms with Crippen LogP contribution in [-0.4, -0.2) is 157 Å². The molecule has 36 nitrogen and oxygen atoms in total. The fourth-order valence-electron chi connectivity index (χ4n) is 16.7. The standard InChI is InChI=1S/C28H28N8O2.C19H19ClN6O.C19H20N6O2.C11H11ClN4O2.C9H10N2O.C8H9BrN2.3B.ClH.3U/c1-15-23(24(19-8-9-19)33-14-32-15)25-31-13-21-27(35-25)36(16(2)18-6-7-18)28(37)26(34-21)30-12-20-5-4-17(11-29)10-22(20)38-3;1-9-14(15(12-5-6-12)23-8-22-9)17-21-7-13-18(25-17)26(10(2)11-3-4-11)19(27)16(20)24-13;1-9-14(15(12-5-6-12)22-8-21-9)16-20-7-13-17(24-16)25(10(2)11-3-4-11)19(27)18(26)23-13;1-5(6-2-3-6)16-8-7(4-13-11(12)15-8)14-9(17)10(16)18;1-12-9-4-7(5-10)2-3-8(9)6-11;1-5-7(9)8(6-2-3-6)11-4-10-5;;;;;;;/h4-5,10,13-14,16,18-19H,6-9,12H2,1-3H3,(H,30,34);7-8,10-12H,3-6H2,1-2H3;7-8,10-12H,3-6H2,1-2H3,(H,23,26);4-6H,2-3H2,1H3,(H,14,17);2-4H,6,11H2,1H3;4,6H,2-3H2,1H3;;;;1H;;;/t16-;2*10-;5-;;;;;;;;;/m0000........./s1. The average molecular weight is 2680 g/mol. The Morgan fingerprint density at radius 1 is 0.443 bits per heavy atom. The molecule has 8 aliphatic rings. The normalized spacial score (nSPS) is 15.5. The number of hydrogen-bond acceptors (Lipinski definition) is 30. The fraction of sp³-hybridized carbons (Fsp3) is 0.426. The van der Waals surface area contributed by atoms with Crippen molar-refractivity contribution in [1.82, 2.24) is 118 Å². The molecular formula is C94H98B3BrCl3N28O8U3. The third kappa shape index (κ3) is 25.2. The Hall–Kier alpha value is -9.72. The number of hydrogen-bond donors (Lipinski definition) is 4. The van der Waals surface area contributed by atoms with Gasteiger partial charge in [-0.1, -0.05) is 23.7 Å². The molecule has 8 aliphatic carbocycles. The number of aromatic amines is 2. The number of methoxy groups -OCH3 is 2. The molecule has 0 amide bonds. The van der Waals surface area contributed by atoms with Crippen LogP contribution in [0.2, 0.25) is 10.4 Å². The van der Waals surface area contributed by atoms with Gasteiger partial charge in [-0.15, -0.1) is 12.4 Å². The summed E-state index contributed by atoms with van der Waals surface area (Å²) in [6.45, 7) is 16.6. The molecular weight excluding hydrogens is 2580 g/mol. The predicted molar refractivity (Wildman–Crippen MR) is 527 cm³/mol. The van der Waals surface area contributed by atoms with Gasteiger partial charge in [0.2, 0.25) is 5.28 Å². The van der Waals surface area contributed by atoms with Crippen LogP contribution in [0.5, 0.6) is 11.5 Å². The van der Waals surface area contributed by atoms with E-state index in [1.54, 1.807) is 97.6 Å². The summed E-state index contributed by atoms with van der Waals surface area (Å²) in [5.74, 6) is 6.77. The van der Waals surface area contributed by atoms with Crippen LogP contribution in [0, 0.1) is 167 Å². The molecule has 8 fully saturated rings. The SMILES string of the molecule is COc1cc(C#N)ccc1CN.COc1cc(C#N)ccc1CNc1nc2cnc(-c3c(C)ncnc3C3CC3)nc2n([C@@H](C)C2CC2)c1=O.C[C@@H](C1CC1)n1c(=O)c(=O)[nH]c2cnc(Cl)nc21.Cc1ncnc(C2CC2)c1-c1ncc2[nH]c(=O)c(=O)n([C@@H](C)C3CC3)c2n1.Cc1ncnc(C2CC2)c1-c1ncc2nc(Cl)c(=O)n([C@@H](C)C3CC3)c2n1.Cc1ncnc(C2CC2)c1Br.Cl.[B].[B].[B].[U].[U].[U]. The fourth-order valence-corrected chi connectivity index (χ4v) is 17.5. The maximum atomic E-state index is 13.8. The van der Waals surface area contributed by atoms with Gasteiger partial charge in [0.25, 0.3) is 11.1 Å². The van der Waals surface area contributed by atoms with Crippen molar-refractivity contribution in [1.29, 1.82) is 10.5 Å². The van der Waals surface area contributed by atoms with Gasteiger partial charge >= 0.3 is 22.2 Å². The number of anilines is 1. The summed E-state index contributed by atoms with van der Waals surface area (Å²) in [5.41, 5.74) is 19.4. The number of halogens is 4. The molecule has 12 aromatic heterocycles. The van der Waals surface area contributed by atoms with Crippen LogP contribution in [0.1, 0.15) is 246 Å². The number of nitriles is 2. The van der Waals surface area contributed by atoms with Gasteiger partial charge in [0.15, 0.2) is 51.0 Å². The van der Waals surface area contributed by atoms with Gasteiger partial charge in [0.05, 0.1) is 129 Å². The van der Waals surface area contributed by atoms with Gasteiger partial charge in [-0.25, -0.2) is 84.7 Å². The number of aryl methyl sites for hydroxylation is 4. The minimum absolute atomic E-state index is 0. The monoisotopic (exact) mass is 2680 g/mol. The zero-order valence-corrected chi connectivity index (χ0v) is 95.0. The van der Waals surface area contributed by atoms with Crippen molar-refractivity contribution in [3.8, 4) is 57.8 Å². The molecule has 0 bridgehead atoms. The van der Waals surface area contributed by atoms with Crippen molar-refractivity contribution in [2.45, 2.75) is 219 Å². The van der Waals surface area contributed by atoms with Gasteiger partial charge in [-0.2, -0.15) is 15.5 Å². The number of fused-ring (bicyclic) bond motifs is 4. The van der Waals surface area contributed by atoms with E-state index in [1.807, 2.05) is 60.6 Å². The summed E-state index contributed by atoms with van der Waals surface area (Å²) < 4.78 is 18.0. The minimum atomic E-state index is -0.652. The number of nitrogens with zero attached hydrogens (tertiary/aromatic N) is 24. The van der Waals surface area contributed by atoms with E-state index in [1.165, 1.54) is 33.9 Å². The van der Waals surface area contributed by atoms with Crippen LogP contribution in [0.4, 0.5) is 5.82 Å². The first-order valence-electron chi connectivity index (χ1n) is 44.7. The molecule has 2 aromatic carbocycles. The van der Waals surface area contributed by atoms with Crippen LogP contribution in [0.3, 0.4) is 0 Å². The summed E-state index contributed by atoms with van der Waals surface area (Å²) in [6.07, 6.45) is 30.6. The Morgan fingerprint density at radius 2 is 0.786 bits per heavy atom. The number of nitrogens with two attached hydrogens (primary N) is 1. The Morgan fingerprint density at radius 3 is 1.18 bits per heavy atom. The summed E-state index contributed by atoms with van der Waals surface area (Å²) >= 11 is 15.3. The van der Waals surface area contributed by atoms with Crippen LogP contribution in [0.15, 0.2) is 120 Å². The number of benzene rings is 2. The van der Waals surface area contributed by atoms with Gasteiger partial charge < -0.3 is 30.5 Å². The number of rotatable bonds is 21. The second-order valence-electron chi connectivity index (χ2n) is 35.1. The van der Waals surface area contributed by atoms with E-state index in [9.17, 15) is 34.0 Å². The third-order valence-corrected chi connectivity index (χ3v) is 27.0. The number of ether oxygens (including phenoxy) is 2. The summed E-state index contributed by atoms with van der Waals surface area (Å²) in [4.78, 5) is 160. The van der Waals surface area contributed by atoms with Crippen molar-refractivity contribution in [3.05, 3.63) is 231 Å². The van der Waals surface area contributed by atoms with E-state index in [-0.39, 0.29) is 183 Å². The zero-order chi connectivity index (χ0) is 93.5. The summed E-state index contributed by atoms with van der Waals surface area (Å²) in [6, 6.07) is 14.5. The van der Waals surface area contributed by atoms with E-state index < -0.39 is 22.2 Å². The molecule has 0 saturated heterocycles. The molecule has 0 unspecified atom stereocenters. The second-order valence-corrected chi connectivity index (χ2v) is 36.6. The Bertz CT molecular complexity index is 7420. The second kappa shape index (κ2) is 48.6. The predicted octanol–water partition coefficient (Wildman–Crippen LogP) is 13.7. The third-order valence-electron chi connectivity index (χ3n) is 25.6. The molecule has 140 heavy (non-hydrogen) atoms. The maximum absolute atomic E-state index is 13.8. The molecule has 8 saturated carbocycles. The molecule has 12 heterocycles. The molecule has 14 aromatic rings. The summed E-state index contributed by atoms with van der Waals surface area (Å²) in [5, 5.41) is 21.0. The van der Waals surface area contributed by atoms with Crippen LogP contribution in [0.25, 0.3) is 78.8 Å². The molecule has 9 radical (unpaired) electrons. The van der Waals surface area contributed by atoms with Crippen molar-refractivity contribution >= 4 is 127 Å². The first kappa shape index (κ1) is 112. The van der Waals surface area contributed by atoms with Gasteiger partial charge in [0.1, 0.15) is 58.9 Å². The van der Waals surface area contributed by atoms with Crippen LogP contribution < -0.4 is 53.9 Å². The van der Waals surface area contributed by atoms with Crippen LogP contribution >= 0.6 is 51.5 Å². The molecule has 0 spiro atoms. The first-order chi connectivity index (χ1) is 64.2. The van der Waals surface area contributed by atoms with E-state index >= 15 is 0 Å². The maximum Gasteiger partial charge on any atom is 0.318 e. The first-order valence-corrected chi connectivity index (χ1v) is 46.2. The Labute approximate surface area is 906 Å². The topological polar surface area (TPSA) is 490 Å². The molecule has 5 N–H and O–H groups in total. The van der Waals surface area contributed by atoms with E-state index in [0.717, 1.165) is 162 Å². The zero-order valence-electron chi connectivity index (χ0n) is 78.6. The molecule has 46 heteroatoms. The minimum Gasteiger partial charge on any atom is -0.496 e. The summed E-state index contributed by atoms with van der Waals surface area (Å²) in [7, 11) is 3.12. The van der Waals surface area contributed by atoms with Crippen LogP contribution in [-0.2, 0) is 13.1 Å². The Balaban J connectivity index is 0.000000179. The molecule has 0 aliphatic heterocycles. The Kier molecular flexibility index (Phi) is 38.9. The quantitative estimate of drug-likeness (QED) is 0.0295. The molecule has 711 valence electrons. The van der Waals surface area contributed by atoms with Crippen molar-refractivity contribution < 1.29 is 103 Å². The van der Waals surface area contributed by atoms with Crippen molar-refractivity contribution in [3.63, 3.8) is 0 Å².